The maximum Gasteiger partial charge on any atom is 0.573 e. The molecular weight excluding hydrogens is 373 g/mol. The van der Waals surface area contributed by atoms with Crippen LogP contribution in [0.5, 0.6) is 5.75 Å². The highest BCUT2D eigenvalue weighted by molar-refractivity contribution is 5.83. The Morgan fingerprint density at radius 2 is 1.79 bits per heavy atom. The summed E-state index contributed by atoms with van der Waals surface area (Å²) in [5.74, 6) is 0.627. The smallest absolute Gasteiger partial charge is 0.406 e. The fourth-order valence-corrected chi connectivity index (χ4v) is 3.60. The Labute approximate surface area is 159 Å². The highest BCUT2D eigenvalue weighted by Crippen LogP contribution is 2.48. The van der Waals surface area contributed by atoms with Crippen molar-refractivity contribution in [2.75, 3.05) is 31.1 Å². The van der Waals surface area contributed by atoms with Crippen LogP contribution in [0.1, 0.15) is 17.9 Å². The van der Waals surface area contributed by atoms with Gasteiger partial charge in [-0.1, -0.05) is 12.1 Å². The monoisotopic (exact) mass is 392 g/mol. The molecule has 0 spiro atoms. The number of hydrogen-bond donors (Lipinski definition) is 0. The second kappa shape index (κ2) is 7.29. The van der Waals surface area contributed by atoms with E-state index in [-0.39, 0.29) is 23.5 Å². The van der Waals surface area contributed by atoms with Gasteiger partial charge < -0.3 is 14.5 Å². The number of benzene rings is 1. The largest absolute Gasteiger partial charge is 0.573 e. The van der Waals surface area contributed by atoms with Crippen LogP contribution in [0, 0.1) is 5.92 Å². The molecule has 9 heteroatoms. The summed E-state index contributed by atoms with van der Waals surface area (Å²) >= 11 is 0. The van der Waals surface area contributed by atoms with Gasteiger partial charge in [-0.05, 0) is 30.0 Å². The number of amides is 1. The van der Waals surface area contributed by atoms with Crippen LogP contribution in [-0.2, 0) is 4.79 Å². The molecule has 1 aliphatic heterocycles. The van der Waals surface area contributed by atoms with Crippen LogP contribution in [0.3, 0.4) is 0 Å². The van der Waals surface area contributed by atoms with Gasteiger partial charge in [-0.25, -0.2) is 4.98 Å². The van der Waals surface area contributed by atoms with Gasteiger partial charge in [0.1, 0.15) is 11.6 Å². The zero-order chi connectivity index (χ0) is 19.7. The van der Waals surface area contributed by atoms with E-state index in [4.69, 9.17) is 0 Å². The number of halogens is 3. The molecule has 0 bridgehead atoms. The van der Waals surface area contributed by atoms with Gasteiger partial charge in [0.25, 0.3) is 0 Å². The summed E-state index contributed by atoms with van der Waals surface area (Å²) < 4.78 is 40.6. The van der Waals surface area contributed by atoms with E-state index < -0.39 is 6.36 Å². The molecule has 2 aliphatic rings. The first kappa shape index (κ1) is 18.5. The molecule has 0 unspecified atom stereocenters. The molecule has 6 nitrogen and oxygen atoms in total. The Kier molecular flexibility index (Phi) is 4.82. The predicted molar refractivity (Wildman–Crippen MR) is 94.8 cm³/mol. The Morgan fingerprint density at radius 1 is 1.07 bits per heavy atom. The van der Waals surface area contributed by atoms with Crippen molar-refractivity contribution in [2.45, 2.75) is 18.7 Å². The van der Waals surface area contributed by atoms with E-state index in [2.05, 4.69) is 19.6 Å². The highest BCUT2D eigenvalue weighted by atomic mass is 19.4. The number of hydrogen-bond acceptors (Lipinski definition) is 5. The van der Waals surface area contributed by atoms with Crippen molar-refractivity contribution >= 4 is 11.7 Å². The third-order valence-electron chi connectivity index (χ3n) is 5.11. The molecule has 1 aromatic heterocycles. The van der Waals surface area contributed by atoms with Crippen LogP contribution < -0.4 is 9.64 Å². The number of aromatic nitrogens is 2. The number of carbonyl (C=O) groups excluding carboxylic acids is 1. The van der Waals surface area contributed by atoms with Gasteiger partial charge in [-0.3, -0.25) is 9.78 Å². The summed E-state index contributed by atoms with van der Waals surface area (Å²) in [4.78, 5) is 25.1. The first-order chi connectivity index (χ1) is 13.4. The molecule has 1 saturated heterocycles. The maximum absolute atomic E-state index is 12.7. The summed E-state index contributed by atoms with van der Waals surface area (Å²) in [5.41, 5.74) is 0.867. The second-order valence-corrected chi connectivity index (χ2v) is 6.94. The lowest BCUT2D eigenvalue weighted by Crippen LogP contribution is -2.49. The third-order valence-corrected chi connectivity index (χ3v) is 5.11. The molecule has 2 atom stereocenters. The van der Waals surface area contributed by atoms with E-state index in [0.29, 0.717) is 26.2 Å². The fraction of sp³-hybridized carbons (Fsp3) is 0.421. The van der Waals surface area contributed by atoms with Crippen molar-refractivity contribution in [1.29, 1.82) is 0 Å². The van der Waals surface area contributed by atoms with E-state index >= 15 is 0 Å². The van der Waals surface area contributed by atoms with E-state index in [0.717, 1.165) is 17.8 Å². The van der Waals surface area contributed by atoms with Gasteiger partial charge in [0.2, 0.25) is 5.91 Å². The lowest BCUT2D eigenvalue weighted by molar-refractivity contribution is -0.274. The molecule has 148 valence electrons. The van der Waals surface area contributed by atoms with Crippen molar-refractivity contribution in [3.63, 3.8) is 0 Å². The minimum atomic E-state index is -4.70. The minimum Gasteiger partial charge on any atom is -0.406 e. The van der Waals surface area contributed by atoms with E-state index in [1.165, 1.54) is 12.1 Å². The topological polar surface area (TPSA) is 58.6 Å². The molecule has 1 saturated carbocycles. The minimum absolute atomic E-state index is 0.0606. The first-order valence-corrected chi connectivity index (χ1v) is 9.06. The van der Waals surface area contributed by atoms with Crippen molar-refractivity contribution in [3.8, 4) is 5.75 Å². The van der Waals surface area contributed by atoms with Crippen LogP contribution in [0.2, 0.25) is 0 Å². The summed E-state index contributed by atoms with van der Waals surface area (Å²) in [5, 5.41) is 0. The van der Waals surface area contributed by atoms with Crippen LogP contribution in [-0.4, -0.2) is 53.3 Å². The van der Waals surface area contributed by atoms with Gasteiger partial charge in [0.05, 0.1) is 6.20 Å². The lowest BCUT2D eigenvalue weighted by atomic mass is 10.1. The Morgan fingerprint density at radius 3 is 2.39 bits per heavy atom. The molecule has 4 rings (SSSR count). The number of nitrogens with zero attached hydrogens (tertiary/aromatic N) is 4. The van der Waals surface area contributed by atoms with Gasteiger partial charge in [-0.2, -0.15) is 0 Å². The Bertz CT molecular complexity index is 821. The van der Waals surface area contributed by atoms with E-state index in [1.807, 2.05) is 4.90 Å². The molecule has 1 amide bonds. The number of ether oxygens (including phenoxy) is 1. The summed E-state index contributed by atoms with van der Waals surface area (Å²) in [6, 6.07) is 5.79. The van der Waals surface area contributed by atoms with Crippen molar-refractivity contribution < 1.29 is 22.7 Å². The predicted octanol–water partition coefficient (Wildman–Crippen LogP) is 2.83. The standard InChI is InChI=1S/C19H19F3N4O2/c20-19(21,22)28-14-3-1-13(2-4-14)15-11-16(15)18(27)26-9-7-25(8-10-26)17-12-23-5-6-24-17/h1-6,12,15-16H,7-11H2/t15-,16+/m0/s1. The maximum atomic E-state index is 12.7. The zero-order valence-electron chi connectivity index (χ0n) is 15.0. The van der Waals surface area contributed by atoms with Gasteiger partial charge >= 0.3 is 6.36 Å². The number of alkyl halides is 3. The number of rotatable bonds is 4. The molecule has 2 heterocycles. The van der Waals surface area contributed by atoms with Gasteiger partial charge in [-0.15, -0.1) is 13.2 Å². The third kappa shape index (κ3) is 4.18. The Balaban J connectivity index is 1.30. The van der Waals surface area contributed by atoms with Crippen LogP contribution in [0.25, 0.3) is 0 Å². The van der Waals surface area contributed by atoms with E-state index in [1.54, 1.807) is 30.7 Å². The zero-order valence-corrected chi connectivity index (χ0v) is 15.0. The van der Waals surface area contributed by atoms with Crippen molar-refractivity contribution in [1.82, 2.24) is 14.9 Å². The number of anilines is 1. The molecule has 1 aliphatic carbocycles. The second-order valence-electron chi connectivity index (χ2n) is 6.94. The quantitative estimate of drug-likeness (QED) is 0.801. The molecule has 2 fully saturated rings. The lowest BCUT2D eigenvalue weighted by Gasteiger charge is -2.35. The molecule has 1 aromatic carbocycles. The Hall–Kier alpha value is -2.84. The molecule has 28 heavy (non-hydrogen) atoms. The fourth-order valence-electron chi connectivity index (χ4n) is 3.60. The summed E-state index contributed by atoms with van der Waals surface area (Å²) in [7, 11) is 0. The van der Waals surface area contributed by atoms with E-state index in [9.17, 15) is 18.0 Å². The van der Waals surface area contributed by atoms with Crippen LogP contribution in [0.4, 0.5) is 19.0 Å². The summed E-state index contributed by atoms with van der Waals surface area (Å²) in [6.45, 7) is 2.64. The van der Waals surface area contributed by atoms with Crippen LogP contribution in [0.15, 0.2) is 42.9 Å². The molecule has 0 N–H and O–H groups in total. The highest BCUT2D eigenvalue weighted by Gasteiger charge is 2.46. The average molecular weight is 392 g/mol. The van der Waals surface area contributed by atoms with Gasteiger partial charge in [0.15, 0.2) is 0 Å². The van der Waals surface area contributed by atoms with Gasteiger partial charge in [0, 0.05) is 44.5 Å². The van der Waals surface area contributed by atoms with Crippen molar-refractivity contribution in [2.24, 2.45) is 5.92 Å². The SMILES string of the molecule is O=C([C@@H]1C[C@H]1c1ccc(OC(F)(F)F)cc1)N1CCN(c2cnccn2)CC1. The average Bonchev–Trinajstić information content (AvgIpc) is 3.48. The van der Waals surface area contributed by atoms with Crippen molar-refractivity contribution in [3.05, 3.63) is 48.4 Å². The number of piperazine rings is 1. The summed E-state index contributed by atoms with van der Waals surface area (Å²) in [6.07, 6.45) is 1.00. The number of carbonyl (C=O) groups is 1. The normalized spacial score (nSPS) is 22.1. The molecule has 2 aromatic rings. The first-order valence-electron chi connectivity index (χ1n) is 9.06. The molecular formula is C19H19F3N4O2. The molecule has 0 radical (unpaired) electrons. The van der Waals surface area contributed by atoms with Crippen LogP contribution >= 0.6 is 0 Å².